The lowest BCUT2D eigenvalue weighted by atomic mass is 10.1. The Balaban J connectivity index is 2.87. The normalized spacial score (nSPS) is 18.9. The maximum atomic E-state index is 12.2. The Morgan fingerprint density at radius 2 is 2.33 bits per heavy atom. The molecule has 0 aromatic rings. The largest absolute Gasteiger partial charge is 0.323 e. The van der Waals surface area contributed by atoms with Gasteiger partial charge in [0, 0.05) is 6.42 Å². The van der Waals surface area contributed by atoms with E-state index in [9.17, 15) is 4.39 Å². The van der Waals surface area contributed by atoms with Crippen LogP contribution in [0.15, 0.2) is 29.2 Å². The SMILES string of the molecule is [CH+]=C1CC=C(F)C=C1N. The predicted octanol–water partition coefficient (Wildman–Crippen LogP) is 1.45. The van der Waals surface area contributed by atoms with Gasteiger partial charge in [0.15, 0.2) is 11.3 Å². The lowest BCUT2D eigenvalue weighted by Gasteiger charge is -1.96. The van der Waals surface area contributed by atoms with E-state index in [-0.39, 0.29) is 5.83 Å². The fraction of sp³-hybridized carbons (Fsp3) is 0.143. The highest BCUT2D eigenvalue weighted by Gasteiger charge is 2.14. The van der Waals surface area contributed by atoms with Gasteiger partial charge in [-0.25, -0.2) is 4.39 Å². The minimum atomic E-state index is -0.304. The Labute approximate surface area is 53.4 Å². The molecule has 9 heavy (non-hydrogen) atoms. The van der Waals surface area contributed by atoms with Crippen LogP contribution >= 0.6 is 0 Å². The molecule has 1 aliphatic carbocycles. The van der Waals surface area contributed by atoms with Gasteiger partial charge in [-0.15, -0.1) is 0 Å². The molecule has 0 saturated carbocycles. The second kappa shape index (κ2) is 2.00. The Hall–Kier alpha value is -1.14. The molecule has 2 N–H and O–H groups in total. The van der Waals surface area contributed by atoms with E-state index in [1.807, 2.05) is 0 Å². The molecular formula is C7H7FN+. The van der Waals surface area contributed by atoms with E-state index in [1.165, 1.54) is 12.2 Å². The predicted molar refractivity (Wildman–Crippen MR) is 33.9 cm³/mol. The monoisotopic (exact) mass is 124 g/mol. The Morgan fingerprint density at radius 3 is 2.78 bits per heavy atom. The molecule has 46 valence electrons. The van der Waals surface area contributed by atoms with E-state index < -0.39 is 0 Å². The van der Waals surface area contributed by atoms with Gasteiger partial charge in [0.2, 0.25) is 0 Å². The van der Waals surface area contributed by atoms with E-state index in [1.54, 1.807) is 0 Å². The highest BCUT2D eigenvalue weighted by molar-refractivity contribution is 5.36. The van der Waals surface area contributed by atoms with Crippen molar-refractivity contribution in [3.05, 3.63) is 35.8 Å². The van der Waals surface area contributed by atoms with Crippen LogP contribution in [0.25, 0.3) is 0 Å². The van der Waals surface area contributed by atoms with Crippen molar-refractivity contribution in [1.82, 2.24) is 0 Å². The number of halogens is 1. The number of rotatable bonds is 0. The molecule has 0 fully saturated rings. The van der Waals surface area contributed by atoms with E-state index in [4.69, 9.17) is 12.3 Å². The van der Waals surface area contributed by atoms with Crippen molar-refractivity contribution < 1.29 is 4.39 Å². The Bertz CT molecular complexity index is 201. The molecule has 0 amide bonds. The van der Waals surface area contributed by atoms with Crippen molar-refractivity contribution in [2.24, 2.45) is 5.73 Å². The summed E-state index contributed by atoms with van der Waals surface area (Å²) < 4.78 is 12.2. The van der Waals surface area contributed by atoms with Crippen LogP contribution in [0.3, 0.4) is 0 Å². The summed E-state index contributed by atoms with van der Waals surface area (Å²) in [5.41, 5.74) is 6.17. The second-order valence-electron chi connectivity index (χ2n) is 1.92. The lowest BCUT2D eigenvalue weighted by Crippen LogP contribution is -2.02. The minimum Gasteiger partial charge on any atom is -0.323 e. The van der Waals surface area contributed by atoms with Crippen molar-refractivity contribution in [3.8, 4) is 0 Å². The zero-order valence-electron chi connectivity index (χ0n) is 4.89. The van der Waals surface area contributed by atoms with Gasteiger partial charge in [-0.3, -0.25) is 0 Å². The van der Waals surface area contributed by atoms with Crippen LogP contribution in [0.1, 0.15) is 6.42 Å². The van der Waals surface area contributed by atoms with E-state index in [0.29, 0.717) is 17.7 Å². The summed E-state index contributed by atoms with van der Waals surface area (Å²) >= 11 is 0. The molecule has 1 nitrogen and oxygen atoms in total. The van der Waals surface area contributed by atoms with Gasteiger partial charge in [-0.05, 0) is 6.08 Å². The molecule has 0 atom stereocenters. The summed E-state index contributed by atoms with van der Waals surface area (Å²) in [5, 5.41) is 0. The van der Waals surface area contributed by atoms with Crippen LogP contribution in [0, 0.1) is 6.58 Å². The average molecular weight is 124 g/mol. The fourth-order valence-electron chi connectivity index (χ4n) is 0.625. The standard InChI is InChI=1S/C7H7FN/c1-5-2-3-6(8)4-7(5)9/h1,3-4H,2,9H2/q+1. The van der Waals surface area contributed by atoms with Crippen molar-refractivity contribution in [2.75, 3.05) is 0 Å². The van der Waals surface area contributed by atoms with E-state index >= 15 is 0 Å². The van der Waals surface area contributed by atoms with Gasteiger partial charge >= 0.3 is 0 Å². The van der Waals surface area contributed by atoms with Gasteiger partial charge in [-0.2, -0.15) is 0 Å². The van der Waals surface area contributed by atoms with Crippen molar-refractivity contribution in [2.45, 2.75) is 6.42 Å². The van der Waals surface area contributed by atoms with E-state index in [0.717, 1.165) is 0 Å². The molecule has 1 rings (SSSR count). The smallest absolute Gasteiger partial charge is 0.192 e. The molecule has 0 aromatic carbocycles. The molecule has 0 saturated heterocycles. The van der Waals surface area contributed by atoms with Crippen molar-refractivity contribution >= 4 is 0 Å². The molecule has 0 aromatic heterocycles. The molecule has 0 aliphatic heterocycles. The first-order valence-electron chi connectivity index (χ1n) is 2.64. The Kier molecular flexibility index (Phi) is 1.33. The molecule has 0 spiro atoms. The molecule has 0 bridgehead atoms. The summed E-state index contributed by atoms with van der Waals surface area (Å²) in [5.74, 6) is -0.304. The van der Waals surface area contributed by atoms with E-state index in [2.05, 4.69) is 0 Å². The van der Waals surface area contributed by atoms with Crippen LogP contribution in [-0.4, -0.2) is 0 Å². The first-order valence-corrected chi connectivity index (χ1v) is 2.64. The van der Waals surface area contributed by atoms with Crippen LogP contribution in [-0.2, 0) is 0 Å². The number of hydrogen-bond donors (Lipinski definition) is 1. The average Bonchev–Trinajstić information content (AvgIpc) is 1.80. The molecular weight excluding hydrogens is 117 g/mol. The van der Waals surface area contributed by atoms with Gasteiger partial charge < -0.3 is 5.73 Å². The molecule has 0 heterocycles. The first-order chi connectivity index (χ1) is 4.20. The quantitative estimate of drug-likeness (QED) is 0.486. The summed E-state index contributed by atoms with van der Waals surface area (Å²) in [6, 6.07) is 0. The summed E-state index contributed by atoms with van der Waals surface area (Å²) in [7, 11) is 0. The number of allylic oxidation sites excluding steroid dienone is 4. The van der Waals surface area contributed by atoms with Gasteiger partial charge in [0.05, 0.1) is 12.7 Å². The number of hydrogen-bond acceptors (Lipinski definition) is 1. The summed E-state index contributed by atoms with van der Waals surface area (Å²) in [6.07, 6.45) is 3.04. The van der Waals surface area contributed by atoms with Crippen LogP contribution < -0.4 is 5.73 Å². The summed E-state index contributed by atoms with van der Waals surface area (Å²) in [4.78, 5) is 0. The first kappa shape index (κ1) is 5.99. The molecule has 2 heteroatoms. The van der Waals surface area contributed by atoms with Gasteiger partial charge in [-0.1, -0.05) is 0 Å². The highest BCUT2D eigenvalue weighted by atomic mass is 19.1. The minimum absolute atomic E-state index is 0.304. The zero-order chi connectivity index (χ0) is 6.85. The summed E-state index contributed by atoms with van der Waals surface area (Å²) in [6.45, 7) is 5.35. The van der Waals surface area contributed by atoms with Crippen molar-refractivity contribution in [3.63, 3.8) is 0 Å². The maximum absolute atomic E-state index is 12.2. The van der Waals surface area contributed by atoms with Crippen LogP contribution in [0.4, 0.5) is 4.39 Å². The van der Waals surface area contributed by atoms with Crippen LogP contribution in [0.2, 0.25) is 0 Å². The van der Waals surface area contributed by atoms with Gasteiger partial charge in [0.25, 0.3) is 0 Å². The topological polar surface area (TPSA) is 26.0 Å². The second-order valence-corrected chi connectivity index (χ2v) is 1.92. The lowest BCUT2D eigenvalue weighted by molar-refractivity contribution is 0.656. The van der Waals surface area contributed by atoms with Crippen molar-refractivity contribution in [1.29, 1.82) is 0 Å². The Morgan fingerprint density at radius 1 is 1.67 bits per heavy atom. The highest BCUT2D eigenvalue weighted by Crippen LogP contribution is 2.17. The van der Waals surface area contributed by atoms with Gasteiger partial charge in [0.1, 0.15) is 5.83 Å². The third-order valence-electron chi connectivity index (χ3n) is 1.18. The zero-order valence-corrected chi connectivity index (χ0v) is 4.89. The third kappa shape index (κ3) is 1.15. The molecule has 0 unspecified atom stereocenters. The van der Waals surface area contributed by atoms with Crippen LogP contribution in [0.5, 0.6) is 0 Å². The molecule has 0 radical (unpaired) electrons. The maximum Gasteiger partial charge on any atom is 0.192 e. The third-order valence-corrected chi connectivity index (χ3v) is 1.18. The molecule has 1 aliphatic rings. The number of nitrogens with two attached hydrogens (primary N) is 1. The fourth-order valence-corrected chi connectivity index (χ4v) is 0.625.